The number of hydrogen-bond acceptors (Lipinski definition) is 4. The normalized spacial score (nSPS) is 17.3. The Hall–Kier alpha value is -2.41. The van der Waals surface area contributed by atoms with E-state index in [1.807, 2.05) is 4.60 Å². The Morgan fingerprint density at radius 1 is 0.515 bits per heavy atom. The number of fused-ring (bicyclic) bond motifs is 6. The summed E-state index contributed by atoms with van der Waals surface area (Å²) >= 11 is 0. The largest absolute Gasteiger partial charge is 0.396 e. The van der Waals surface area contributed by atoms with Crippen LogP contribution in [-0.4, -0.2) is 4.60 Å². The molecule has 33 heavy (non-hydrogen) atoms. The van der Waals surface area contributed by atoms with Crippen molar-refractivity contribution >= 4 is 80.5 Å². The molecule has 0 spiro atoms. The molecule has 1 heterocycles. The lowest BCUT2D eigenvalue weighted by molar-refractivity contribution is 0.149. The third-order valence-electron chi connectivity index (χ3n) is 6.25. The van der Waals surface area contributed by atoms with E-state index in [4.69, 9.17) is 4.84 Å². The minimum absolute atomic E-state index is 0.459. The molecule has 160 valence electrons. The van der Waals surface area contributed by atoms with Crippen molar-refractivity contribution in [3.63, 3.8) is 0 Å². The lowest BCUT2D eigenvalue weighted by Gasteiger charge is -2.26. The van der Waals surface area contributed by atoms with Gasteiger partial charge in [0.2, 0.25) is 0 Å². The van der Waals surface area contributed by atoms with Gasteiger partial charge in [-0.15, -0.1) is 0 Å². The van der Waals surface area contributed by atoms with Crippen LogP contribution in [0, 0.1) is 0 Å². The van der Waals surface area contributed by atoms with Crippen LogP contribution in [0.3, 0.4) is 0 Å². The molecule has 1 fully saturated rings. The molecule has 2 unspecified atom stereocenters. The SMILES string of the molecule is c1ccc2cc3cc4c(ccc5cc6cccc(ON7PNPNP7)c6cc54)cc3cc2c1. The molecule has 0 aromatic heterocycles. The van der Waals surface area contributed by atoms with Gasteiger partial charge in [0.1, 0.15) is 0 Å². The number of nitrogens with one attached hydrogen (secondary N) is 2. The third kappa shape index (κ3) is 3.56. The Kier molecular flexibility index (Phi) is 4.92. The van der Waals surface area contributed by atoms with Crippen LogP contribution >= 0.6 is 26.6 Å². The first-order valence-electron chi connectivity index (χ1n) is 10.8. The Bertz CT molecular complexity index is 1700. The number of nitrogens with zero attached hydrogens (tertiary/aromatic N) is 1. The Labute approximate surface area is 196 Å². The maximum atomic E-state index is 6.29. The zero-order valence-electron chi connectivity index (χ0n) is 17.5. The molecule has 0 bridgehead atoms. The molecule has 1 saturated heterocycles. The third-order valence-corrected chi connectivity index (χ3v) is 9.40. The van der Waals surface area contributed by atoms with Crippen molar-refractivity contribution in [2.75, 3.05) is 0 Å². The highest BCUT2D eigenvalue weighted by atomic mass is 31.2. The van der Waals surface area contributed by atoms with Crippen LogP contribution in [0.15, 0.2) is 91.0 Å². The summed E-state index contributed by atoms with van der Waals surface area (Å²) in [4.78, 5) is 13.0. The maximum absolute atomic E-state index is 6.29. The van der Waals surface area contributed by atoms with E-state index in [1.54, 1.807) is 0 Å². The molecule has 1 aliphatic heterocycles. The first kappa shape index (κ1) is 20.0. The van der Waals surface area contributed by atoms with E-state index in [-0.39, 0.29) is 0 Å². The van der Waals surface area contributed by atoms with Gasteiger partial charge in [0.25, 0.3) is 0 Å². The van der Waals surface area contributed by atoms with E-state index in [9.17, 15) is 0 Å². The van der Waals surface area contributed by atoms with Crippen molar-refractivity contribution < 1.29 is 4.84 Å². The molecule has 1 aliphatic rings. The Morgan fingerprint density at radius 3 is 1.85 bits per heavy atom. The predicted octanol–water partition coefficient (Wildman–Crippen LogP) is 7.77. The Balaban J connectivity index is 1.46. The average molecular weight is 483 g/mol. The minimum atomic E-state index is 0.459. The average Bonchev–Trinajstić information content (AvgIpc) is 2.86. The van der Waals surface area contributed by atoms with Crippen molar-refractivity contribution in [1.82, 2.24) is 14.3 Å². The minimum Gasteiger partial charge on any atom is -0.396 e. The lowest BCUT2D eigenvalue weighted by atomic mass is 9.94. The molecular formula is C26H20N3OP3. The zero-order valence-corrected chi connectivity index (χ0v) is 20.5. The molecule has 7 heteroatoms. The van der Waals surface area contributed by atoms with Crippen molar-refractivity contribution in [1.29, 1.82) is 0 Å². The smallest absolute Gasteiger partial charge is 0.156 e. The van der Waals surface area contributed by atoms with Crippen LogP contribution < -0.4 is 14.6 Å². The van der Waals surface area contributed by atoms with E-state index < -0.39 is 0 Å². The Morgan fingerprint density at radius 2 is 1.09 bits per heavy atom. The second kappa shape index (κ2) is 8.12. The summed E-state index contributed by atoms with van der Waals surface area (Å²) in [5.41, 5.74) is 0. The van der Waals surface area contributed by atoms with Gasteiger partial charge in [0.15, 0.2) is 5.75 Å². The van der Waals surface area contributed by atoms with Gasteiger partial charge in [-0.3, -0.25) is 9.72 Å². The van der Waals surface area contributed by atoms with Gasteiger partial charge in [0.05, 0.1) is 17.8 Å². The molecule has 7 rings (SSSR count). The van der Waals surface area contributed by atoms with Crippen LogP contribution in [-0.2, 0) is 0 Å². The highest BCUT2D eigenvalue weighted by Crippen LogP contribution is 2.41. The molecular weight excluding hydrogens is 463 g/mol. The van der Waals surface area contributed by atoms with E-state index in [2.05, 4.69) is 101 Å². The van der Waals surface area contributed by atoms with E-state index >= 15 is 0 Å². The quantitative estimate of drug-likeness (QED) is 0.150. The van der Waals surface area contributed by atoms with Crippen LogP contribution in [0.5, 0.6) is 5.75 Å². The van der Waals surface area contributed by atoms with Crippen molar-refractivity contribution in [3.8, 4) is 5.75 Å². The monoisotopic (exact) mass is 483 g/mol. The molecule has 2 N–H and O–H groups in total. The van der Waals surface area contributed by atoms with Crippen LogP contribution in [0.25, 0.3) is 53.9 Å². The van der Waals surface area contributed by atoms with Crippen LogP contribution in [0.4, 0.5) is 0 Å². The molecule has 0 saturated carbocycles. The molecule has 4 nitrogen and oxygen atoms in total. The van der Waals surface area contributed by atoms with Crippen molar-refractivity contribution in [2.45, 2.75) is 0 Å². The highest BCUT2D eigenvalue weighted by Gasteiger charge is 2.14. The molecule has 0 aliphatic carbocycles. The van der Waals surface area contributed by atoms with Gasteiger partial charge in [-0.1, -0.05) is 53.1 Å². The maximum Gasteiger partial charge on any atom is 0.156 e. The molecule has 2 atom stereocenters. The van der Waals surface area contributed by atoms with E-state index in [1.165, 1.54) is 48.5 Å². The first-order chi connectivity index (χ1) is 16.3. The highest BCUT2D eigenvalue weighted by molar-refractivity contribution is 7.65. The van der Waals surface area contributed by atoms with Gasteiger partial charge >= 0.3 is 0 Å². The van der Waals surface area contributed by atoms with Crippen molar-refractivity contribution in [2.24, 2.45) is 0 Å². The fourth-order valence-electron chi connectivity index (χ4n) is 4.69. The summed E-state index contributed by atoms with van der Waals surface area (Å²) in [5.74, 6) is 0.895. The number of benzene rings is 6. The van der Waals surface area contributed by atoms with Gasteiger partial charge in [-0.05, 0) is 90.9 Å². The van der Waals surface area contributed by atoms with Gasteiger partial charge in [-0.2, -0.15) is 0 Å². The standard InChI is InChI=1S/C26H20N3OP3/c1-2-5-17-11-22-14-23-20(13-21(22)10-16(17)4-1)9-8-19-12-18-6-3-7-26(25(18)15-24(19)23)30-29-32-27-31-28-33-29/h1-15,27-28,31-33H. The second-order valence-electron chi connectivity index (χ2n) is 8.22. The van der Waals surface area contributed by atoms with E-state index in [0.717, 1.165) is 11.1 Å². The summed E-state index contributed by atoms with van der Waals surface area (Å²) in [6.07, 6.45) is 0. The fraction of sp³-hybridized carbons (Fsp3) is 0. The second-order valence-corrected chi connectivity index (χ2v) is 12.2. The molecule has 0 radical (unpaired) electrons. The molecule has 0 amide bonds. The summed E-state index contributed by atoms with van der Waals surface area (Å²) in [6, 6.07) is 33.2. The lowest BCUT2D eigenvalue weighted by Crippen LogP contribution is -2.19. The van der Waals surface area contributed by atoms with Crippen molar-refractivity contribution in [3.05, 3.63) is 91.0 Å². The van der Waals surface area contributed by atoms with Gasteiger partial charge < -0.3 is 4.84 Å². The molecule has 6 aromatic carbocycles. The van der Waals surface area contributed by atoms with Crippen LogP contribution in [0.1, 0.15) is 0 Å². The zero-order chi connectivity index (χ0) is 21.8. The summed E-state index contributed by atoms with van der Waals surface area (Å²) in [7, 11) is 1.51. The summed E-state index contributed by atoms with van der Waals surface area (Å²) in [6.45, 7) is 0. The fourth-order valence-corrected chi connectivity index (χ4v) is 8.28. The summed E-state index contributed by atoms with van der Waals surface area (Å²) in [5, 5.41) is 12.5. The summed E-state index contributed by atoms with van der Waals surface area (Å²) < 4.78 is 1.97. The number of rotatable bonds is 2. The topological polar surface area (TPSA) is 36.5 Å². The van der Waals surface area contributed by atoms with Gasteiger partial charge in [0, 0.05) is 14.3 Å². The molecule has 6 aromatic rings. The van der Waals surface area contributed by atoms with E-state index in [0.29, 0.717) is 26.6 Å². The van der Waals surface area contributed by atoms with Crippen LogP contribution in [0.2, 0.25) is 0 Å². The predicted molar refractivity (Wildman–Crippen MR) is 148 cm³/mol. The first-order valence-corrected chi connectivity index (χ1v) is 13.7. The number of hydrogen-bond donors (Lipinski definition) is 2. The van der Waals surface area contributed by atoms with Gasteiger partial charge in [-0.25, -0.2) is 0 Å².